The predicted octanol–water partition coefficient (Wildman–Crippen LogP) is 0.0887. The zero-order valence-electron chi connectivity index (χ0n) is 4.91. The average Bonchev–Trinajstić information content (AvgIpc) is 1.86. The van der Waals surface area contributed by atoms with Crippen molar-refractivity contribution in [3.8, 4) is 0 Å². The molecule has 0 N–H and O–H groups in total. The molecule has 2 aliphatic rings. The Labute approximate surface area is 52.9 Å². The van der Waals surface area contributed by atoms with Crippen molar-refractivity contribution in [1.29, 1.82) is 0 Å². The van der Waals surface area contributed by atoms with Gasteiger partial charge in [0.05, 0.1) is 18.7 Å². The van der Waals surface area contributed by atoms with Crippen LogP contribution in [0.5, 0.6) is 0 Å². The molecule has 2 aliphatic heterocycles. The van der Waals surface area contributed by atoms with Crippen molar-refractivity contribution in [2.45, 2.75) is 12.5 Å². The summed E-state index contributed by atoms with van der Waals surface area (Å²) >= 11 is 0. The van der Waals surface area contributed by atoms with Crippen LogP contribution in [0.2, 0.25) is 0 Å². The van der Waals surface area contributed by atoms with Crippen LogP contribution in [0.25, 0.3) is 0 Å². The maximum Gasteiger partial charge on any atom is 0.228 e. The van der Waals surface area contributed by atoms with Gasteiger partial charge in [0.25, 0.3) is 0 Å². The molecule has 0 aliphatic carbocycles. The smallest absolute Gasteiger partial charge is 0.228 e. The van der Waals surface area contributed by atoms with E-state index in [0.29, 0.717) is 19.2 Å². The molecule has 0 aromatic heterocycles. The van der Waals surface area contributed by atoms with E-state index in [1.54, 1.807) is 11.2 Å². The summed E-state index contributed by atoms with van der Waals surface area (Å²) in [6.45, 7) is 0.444. The van der Waals surface area contributed by atoms with Crippen LogP contribution in [-0.2, 0) is 9.53 Å². The van der Waals surface area contributed by atoms with Gasteiger partial charge in [0.15, 0.2) is 6.73 Å². The van der Waals surface area contributed by atoms with E-state index in [1.165, 1.54) is 0 Å². The molecule has 1 unspecified atom stereocenters. The molecule has 0 aromatic rings. The van der Waals surface area contributed by atoms with Gasteiger partial charge in [-0.05, 0) is 6.08 Å². The molecular formula is C6H7NO2. The number of hydrogen-bond acceptors (Lipinski definition) is 2. The van der Waals surface area contributed by atoms with Crippen LogP contribution in [-0.4, -0.2) is 23.6 Å². The number of carbonyl (C=O) groups is 1. The van der Waals surface area contributed by atoms with Gasteiger partial charge >= 0.3 is 0 Å². The lowest BCUT2D eigenvalue weighted by Crippen LogP contribution is -2.53. The second-order valence-electron chi connectivity index (χ2n) is 2.26. The third kappa shape index (κ3) is 0.542. The Morgan fingerprint density at radius 1 is 1.78 bits per heavy atom. The fraction of sp³-hybridized carbons (Fsp3) is 0.500. The van der Waals surface area contributed by atoms with Gasteiger partial charge in [0.1, 0.15) is 0 Å². The van der Waals surface area contributed by atoms with Gasteiger partial charge in [-0.15, -0.1) is 0 Å². The maximum absolute atomic E-state index is 10.7. The summed E-state index contributed by atoms with van der Waals surface area (Å²) in [6, 6.07) is 0.339. The van der Waals surface area contributed by atoms with Crippen molar-refractivity contribution in [2.75, 3.05) is 6.73 Å². The monoisotopic (exact) mass is 125 g/mol. The molecule has 1 fully saturated rings. The van der Waals surface area contributed by atoms with Crippen LogP contribution in [0.15, 0.2) is 12.3 Å². The molecule has 3 heteroatoms. The molecule has 0 spiro atoms. The summed E-state index contributed by atoms with van der Waals surface area (Å²) in [5.74, 6) is 0.198. The normalized spacial score (nSPS) is 30.9. The summed E-state index contributed by atoms with van der Waals surface area (Å²) in [4.78, 5) is 12.4. The van der Waals surface area contributed by atoms with Crippen molar-refractivity contribution in [3.05, 3.63) is 12.3 Å². The van der Waals surface area contributed by atoms with E-state index in [2.05, 4.69) is 0 Å². The third-order valence-corrected chi connectivity index (χ3v) is 1.71. The van der Waals surface area contributed by atoms with E-state index < -0.39 is 0 Å². The van der Waals surface area contributed by atoms with Crippen LogP contribution < -0.4 is 0 Å². The molecule has 0 radical (unpaired) electrons. The molecule has 0 saturated carbocycles. The molecule has 1 saturated heterocycles. The molecule has 1 atom stereocenters. The zero-order valence-corrected chi connectivity index (χ0v) is 4.91. The summed E-state index contributed by atoms with van der Waals surface area (Å²) in [7, 11) is 0. The number of ether oxygens (including phenoxy) is 1. The van der Waals surface area contributed by atoms with Crippen molar-refractivity contribution < 1.29 is 9.53 Å². The number of β-lactam (4-membered cyclic amide) rings is 1. The zero-order chi connectivity index (χ0) is 6.27. The minimum atomic E-state index is 0.198. The second kappa shape index (κ2) is 1.50. The van der Waals surface area contributed by atoms with Gasteiger partial charge in [-0.1, -0.05) is 0 Å². The highest BCUT2D eigenvalue weighted by molar-refractivity contribution is 5.83. The quantitative estimate of drug-likeness (QED) is 0.429. The minimum absolute atomic E-state index is 0.198. The van der Waals surface area contributed by atoms with Gasteiger partial charge < -0.3 is 9.64 Å². The fourth-order valence-electron chi connectivity index (χ4n) is 1.09. The summed E-state index contributed by atoms with van der Waals surface area (Å²) in [5.41, 5.74) is 0. The number of nitrogens with zero attached hydrogens (tertiary/aromatic N) is 1. The fourth-order valence-corrected chi connectivity index (χ4v) is 1.09. The molecule has 48 valence electrons. The number of carbonyl (C=O) groups excluding carboxylic acids is 1. The van der Waals surface area contributed by atoms with Gasteiger partial charge in [0.2, 0.25) is 5.91 Å². The van der Waals surface area contributed by atoms with E-state index in [-0.39, 0.29) is 5.91 Å². The molecular weight excluding hydrogens is 118 g/mol. The SMILES string of the molecule is O=C1CC2C=COCN12. The van der Waals surface area contributed by atoms with Crippen LogP contribution in [0.4, 0.5) is 0 Å². The standard InChI is InChI=1S/C6H7NO2/c8-6-3-5-1-2-9-4-7(5)6/h1-2,5H,3-4H2. The topological polar surface area (TPSA) is 29.5 Å². The van der Waals surface area contributed by atoms with Crippen LogP contribution in [0.3, 0.4) is 0 Å². The van der Waals surface area contributed by atoms with E-state index in [1.807, 2.05) is 6.08 Å². The Morgan fingerprint density at radius 3 is 3.22 bits per heavy atom. The summed E-state index contributed by atoms with van der Waals surface area (Å²) in [6.07, 6.45) is 4.23. The Kier molecular flexibility index (Phi) is 0.806. The van der Waals surface area contributed by atoms with Gasteiger partial charge in [-0.2, -0.15) is 0 Å². The summed E-state index contributed by atoms with van der Waals surface area (Å²) < 4.78 is 4.90. The summed E-state index contributed by atoms with van der Waals surface area (Å²) in [5, 5.41) is 0. The van der Waals surface area contributed by atoms with Crippen molar-refractivity contribution in [1.82, 2.24) is 4.90 Å². The average molecular weight is 125 g/mol. The maximum atomic E-state index is 10.7. The molecule has 0 bridgehead atoms. The molecule has 3 nitrogen and oxygen atoms in total. The van der Waals surface area contributed by atoms with Crippen LogP contribution >= 0.6 is 0 Å². The van der Waals surface area contributed by atoms with E-state index in [4.69, 9.17) is 4.74 Å². The number of amides is 1. The molecule has 0 aromatic carbocycles. The van der Waals surface area contributed by atoms with Crippen molar-refractivity contribution in [3.63, 3.8) is 0 Å². The first-order valence-electron chi connectivity index (χ1n) is 2.96. The number of hydrogen-bond donors (Lipinski definition) is 0. The molecule has 9 heavy (non-hydrogen) atoms. The van der Waals surface area contributed by atoms with Crippen LogP contribution in [0, 0.1) is 0 Å². The minimum Gasteiger partial charge on any atom is -0.481 e. The van der Waals surface area contributed by atoms with Crippen LogP contribution in [0.1, 0.15) is 6.42 Å². The third-order valence-electron chi connectivity index (χ3n) is 1.71. The van der Waals surface area contributed by atoms with Gasteiger partial charge in [-0.3, -0.25) is 4.79 Å². The van der Waals surface area contributed by atoms with Gasteiger partial charge in [-0.25, -0.2) is 0 Å². The predicted molar refractivity (Wildman–Crippen MR) is 30.3 cm³/mol. The highest BCUT2D eigenvalue weighted by atomic mass is 16.5. The van der Waals surface area contributed by atoms with E-state index in [0.717, 1.165) is 0 Å². The molecule has 2 rings (SSSR count). The largest absolute Gasteiger partial charge is 0.481 e. The lowest BCUT2D eigenvalue weighted by molar-refractivity contribution is -0.151. The number of fused-ring (bicyclic) bond motifs is 1. The highest BCUT2D eigenvalue weighted by Gasteiger charge is 2.35. The lowest BCUT2D eigenvalue weighted by atomic mass is 10.0. The Morgan fingerprint density at radius 2 is 2.67 bits per heavy atom. The van der Waals surface area contributed by atoms with E-state index >= 15 is 0 Å². The second-order valence-corrected chi connectivity index (χ2v) is 2.26. The highest BCUT2D eigenvalue weighted by Crippen LogP contribution is 2.22. The van der Waals surface area contributed by atoms with Crippen molar-refractivity contribution >= 4 is 5.91 Å². The van der Waals surface area contributed by atoms with Gasteiger partial charge in [0, 0.05) is 0 Å². The first kappa shape index (κ1) is 4.85. The molecule has 1 amide bonds. The first-order valence-corrected chi connectivity index (χ1v) is 2.96. The Bertz CT molecular complexity index is 176. The Balaban J connectivity index is 2.14. The number of rotatable bonds is 0. The first-order chi connectivity index (χ1) is 4.38. The molecule has 2 heterocycles. The van der Waals surface area contributed by atoms with E-state index in [9.17, 15) is 4.79 Å². The van der Waals surface area contributed by atoms with Crippen molar-refractivity contribution in [2.24, 2.45) is 0 Å². The Hall–Kier alpha value is -0.990. The lowest BCUT2D eigenvalue weighted by Gasteiger charge is -2.39.